The lowest BCUT2D eigenvalue weighted by Gasteiger charge is -2.37. The van der Waals surface area contributed by atoms with Crippen LogP contribution in [0.1, 0.15) is 18.9 Å². The van der Waals surface area contributed by atoms with Gasteiger partial charge in [-0.3, -0.25) is 0 Å². The van der Waals surface area contributed by atoms with E-state index in [9.17, 15) is 0 Å². The van der Waals surface area contributed by atoms with E-state index in [0.29, 0.717) is 17.9 Å². The van der Waals surface area contributed by atoms with Crippen molar-refractivity contribution in [3.8, 4) is 0 Å². The van der Waals surface area contributed by atoms with Gasteiger partial charge in [-0.1, -0.05) is 19.1 Å². The molecule has 0 aliphatic carbocycles. The van der Waals surface area contributed by atoms with E-state index in [2.05, 4.69) is 36.1 Å². The molecule has 2 atom stereocenters. The number of hydrogen-bond donors (Lipinski definition) is 0. The van der Waals surface area contributed by atoms with Crippen molar-refractivity contribution in [1.29, 1.82) is 0 Å². The summed E-state index contributed by atoms with van der Waals surface area (Å²) in [5, 5.41) is 0. The third-order valence-corrected chi connectivity index (χ3v) is 3.96. The van der Waals surface area contributed by atoms with Crippen LogP contribution in [0, 0.1) is 5.92 Å². The van der Waals surface area contributed by atoms with Crippen molar-refractivity contribution in [2.75, 3.05) is 25.1 Å². The Balaban J connectivity index is 2.06. The quantitative estimate of drug-likeness (QED) is 0.767. The molecule has 3 heteroatoms. The van der Waals surface area contributed by atoms with Crippen molar-refractivity contribution < 1.29 is 4.74 Å². The van der Waals surface area contributed by atoms with E-state index in [1.54, 1.807) is 7.11 Å². The molecule has 2 unspecified atom stereocenters. The highest BCUT2D eigenvalue weighted by Gasteiger charge is 2.25. The molecule has 2 nitrogen and oxygen atoms in total. The van der Waals surface area contributed by atoms with Gasteiger partial charge in [0, 0.05) is 31.8 Å². The topological polar surface area (TPSA) is 12.5 Å². The highest BCUT2D eigenvalue weighted by atomic mass is 35.5. The minimum absolute atomic E-state index is 0.344. The number of halogens is 1. The number of anilines is 1. The molecule has 94 valence electrons. The first-order chi connectivity index (χ1) is 8.24. The summed E-state index contributed by atoms with van der Waals surface area (Å²) in [7, 11) is 1.81. The largest absolute Gasteiger partial charge is 0.379 e. The molecule has 0 bridgehead atoms. The average Bonchev–Trinajstić information content (AvgIpc) is 2.39. The minimum Gasteiger partial charge on any atom is -0.379 e. The van der Waals surface area contributed by atoms with Gasteiger partial charge in [0.2, 0.25) is 0 Å². The second kappa shape index (κ2) is 5.74. The molecular weight excluding hydrogens is 234 g/mol. The van der Waals surface area contributed by atoms with Crippen molar-refractivity contribution in [3.05, 3.63) is 29.8 Å². The predicted octanol–water partition coefficient (Wildman–Crippen LogP) is 3.29. The van der Waals surface area contributed by atoms with E-state index < -0.39 is 0 Å². The zero-order valence-electron chi connectivity index (χ0n) is 10.5. The van der Waals surface area contributed by atoms with Crippen molar-refractivity contribution in [1.82, 2.24) is 0 Å². The summed E-state index contributed by atoms with van der Waals surface area (Å²) < 4.78 is 5.54. The standard InChI is InChI=1S/C14H20ClNO/c1-11-7-8-16(10-14(11)17-2)13-5-3-12(9-15)4-6-13/h3-6,11,14H,7-10H2,1-2H3. The SMILES string of the molecule is COC1CN(c2ccc(CCl)cc2)CCC1C. The third kappa shape index (κ3) is 2.93. The van der Waals surface area contributed by atoms with Gasteiger partial charge in [0.05, 0.1) is 6.10 Å². The van der Waals surface area contributed by atoms with Gasteiger partial charge in [0.1, 0.15) is 0 Å². The summed E-state index contributed by atoms with van der Waals surface area (Å²) in [6.45, 7) is 4.36. The summed E-state index contributed by atoms with van der Waals surface area (Å²) in [6.07, 6.45) is 1.53. The summed E-state index contributed by atoms with van der Waals surface area (Å²) in [6, 6.07) is 8.51. The van der Waals surface area contributed by atoms with Gasteiger partial charge in [0.25, 0.3) is 0 Å². The third-order valence-electron chi connectivity index (χ3n) is 3.65. The zero-order chi connectivity index (χ0) is 12.3. The molecule has 1 heterocycles. The number of alkyl halides is 1. The predicted molar refractivity (Wildman–Crippen MR) is 72.8 cm³/mol. The Morgan fingerprint density at radius 3 is 2.65 bits per heavy atom. The number of nitrogens with zero attached hydrogens (tertiary/aromatic N) is 1. The number of rotatable bonds is 3. The number of methoxy groups -OCH3 is 1. The Morgan fingerprint density at radius 1 is 1.35 bits per heavy atom. The van der Waals surface area contributed by atoms with Gasteiger partial charge < -0.3 is 9.64 Å². The van der Waals surface area contributed by atoms with Gasteiger partial charge in [0.15, 0.2) is 0 Å². The molecule has 1 fully saturated rings. The van der Waals surface area contributed by atoms with Crippen LogP contribution in [-0.2, 0) is 10.6 Å². The van der Waals surface area contributed by atoms with Crippen LogP contribution in [0.25, 0.3) is 0 Å². The van der Waals surface area contributed by atoms with Crippen molar-refractivity contribution in [2.24, 2.45) is 5.92 Å². The molecule has 1 aromatic carbocycles. The molecule has 0 radical (unpaired) electrons. The van der Waals surface area contributed by atoms with Crippen molar-refractivity contribution >= 4 is 17.3 Å². The zero-order valence-corrected chi connectivity index (χ0v) is 11.3. The molecule has 1 aliphatic heterocycles. The van der Waals surface area contributed by atoms with E-state index in [1.807, 2.05) is 0 Å². The van der Waals surface area contributed by atoms with Gasteiger partial charge in [-0.05, 0) is 30.0 Å². The van der Waals surface area contributed by atoms with Crippen LogP contribution in [0.4, 0.5) is 5.69 Å². The van der Waals surface area contributed by atoms with Crippen LogP contribution in [0.15, 0.2) is 24.3 Å². The maximum Gasteiger partial charge on any atom is 0.0772 e. The average molecular weight is 254 g/mol. The summed E-state index contributed by atoms with van der Waals surface area (Å²) in [5.41, 5.74) is 2.44. The normalized spacial score (nSPS) is 25.0. The highest BCUT2D eigenvalue weighted by molar-refractivity contribution is 6.17. The Labute approximate surface area is 109 Å². The maximum absolute atomic E-state index is 5.80. The Bertz CT molecular complexity index is 352. The lowest BCUT2D eigenvalue weighted by Crippen LogP contribution is -2.43. The first-order valence-electron chi connectivity index (χ1n) is 6.17. The van der Waals surface area contributed by atoms with Crippen LogP contribution in [0.2, 0.25) is 0 Å². The molecule has 0 spiro atoms. The van der Waals surface area contributed by atoms with Gasteiger partial charge in [-0.25, -0.2) is 0 Å². The van der Waals surface area contributed by atoms with Crippen LogP contribution in [0.5, 0.6) is 0 Å². The highest BCUT2D eigenvalue weighted by Crippen LogP contribution is 2.25. The fourth-order valence-corrected chi connectivity index (χ4v) is 2.55. The molecule has 0 aromatic heterocycles. The monoisotopic (exact) mass is 253 g/mol. The molecule has 0 N–H and O–H groups in total. The molecule has 0 amide bonds. The second-order valence-corrected chi connectivity index (χ2v) is 5.05. The van der Waals surface area contributed by atoms with Crippen LogP contribution >= 0.6 is 11.6 Å². The maximum atomic E-state index is 5.80. The van der Waals surface area contributed by atoms with Crippen molar-refractivity contribution in [2.45, 2.75) is 25.3 Å². The van der Waals surface area contributed by atoms with Gasteiger partial charge >= 0.3 is 0 Å². The van der Waals surface area contributed by atoms with Gasteiger partial charge in [-0.2, -0.15) is 0 Å². The lowest BCUT2D eigenvalue weighted by atomic mass is 9.95. The first-order valence-corrected chi connectivity index (χ1v) is 6.70. The smallest absolute Gasteiger partial charge is 0.0772 e. The molecule has 17 heavy (non-hydrogen) atoms. The Hall–Kier alpha value is -0.730. The molecule has 0 saturated carbocycles. The molecule has 2 rings (SSSR count). The summed E-state index contributed by atoms with van der Waals surface area (Å²) in [5.74, 6) is 1.23. The Kier molecular flexibility index (Phi) is 4.30. The summed E-state index contributed by atoms with van der Waals surface area (Å²) >= 11 is 5.80. The number of piperidine rings is 1. The first kappa shape index (κ1) is 12.7. The van der Waals surface area contributed by atoms with E-state index >= 15 is 0 Å². The molecular formula is C14H20ClNO. The Morgan fingerprint density at radius 2 is 2.06 bits per heavy atom. The van der Waals surface area contributed by atoms with E-state index in [1.165, 1.54) is 17.7 Å². The van der Waals surface area contributed by atoms with Gasteiger partial charge in [-0.15, -0.1) is 11.6 Å². The number of hydrogen-bond acceptors (Lipinski definition) is 2. The lowest BCUT2D eigenvalue weighted by molar-refractivity contribution is 0.0498. The number of ether oxygens (including phenoxy) is 1. The van der Waals surface area contributed by atoms with E-state index in [-0.39, 0.29) is 0 Å². The van der Waals surface area contributed by atoms with E-state index in [4.69, 9.17) is 16.3 Å². The molecule has 1 aromatic rings. The van der Waals surface area contributed by atoms with Crippen LogP contribution < -0.4 is 4.90 Å². The number of benzene rings is 1. The molecule has 1 saturated heterocycles. The van der Waals surface area contributed by atoms with Crippen molar-refractivity contribution in [3.63, 3.8) is 0 Å². The second-order valence-electron chi connectivity index (χ2n) is 4.79. The van der Waals surface area contributed by atoms with Crippen LogP contribution in [0.3, 0.4) is 0 Å². The fraction of sp³-hybridized carbons (Fsp3) is 0.571. The van der Waals surface area contributed by atoms with Crippen LogP contribution in [-0.4, -0.2) is 26.3 Å². The van der Waals surface area contributed by atoms with E-state index in [0.717, 1.165) is 13.1 Å². The fourth-order valence-electron chi connectivity index (χ4n) is 2.37. The molecule has 1 aliphatic rings. The minimum atomic E-state index is 0.344. The summed E-state index contributed by atoms with van der Waals surface area (Å²) in [4.78, 5) is 2.40.